The number of hydrogen-bond donors (Lipinski definition) is 1. The van der Waals surface area contributed by atoms with Gasteiger partial charge in [0.15, 0.2) is 0 Å². The lowest BCUT2D eigenvalue weighted by molar-refractivity contribution is -0.117. The Balaban J connectivity index is 2.21. The van der Waals surface area contributed by atoms with E-state index in [-0.39, 0.29) is 17.9 Å². The number of carbonyl (C=O) groups excluding carboxylic acids is 1. The summed E-state index contributed by atoms with van der Waals surface area (Å²) in [5.41, 5.74) is 6.74. The number of carbonyl (C=O) groups is 1. The fourth-order valence-corrected chi connectivity index (χ4v) is 2.05. The van der Waals surface area contributed by atoms with E-state index in [0.717, 1.165) is 12.1 Å². The smallest absolute Gasteiger partial charge is 0.231 e. The van der Waals surface area contributed by atoms with Crippen LogP contribution in [-0.4, -0.2) is 13.0 Å². The van der Waals surface area contributed by atoms with Crippen molar-refractivity contribution in [3.8, 4) is 0 Å². The number of anilines is 2. The van der Waals surface area contributed by atoms with E-state index in [1.165, 1.54) is 18.0 Å². The third-order valence-corrected chi connectivity index (χ3v) is 3.32. The van der Waals surface area contributed by atoms with Crippen LogP contribution >= 0.6 is 11.6 Å². The maximum atomic E-state index is 13.6. The second-order valence-corrected chi connectivity index (χ2v) is 5.00. The van der Waals surface area contributed by atoms with E-state index in [2.05, 4.69) is 0 Å². The molecule has 21 heavy (non-hydrogen) atoms. The molecule has 0 aromatic heterocycles. The fraction of sp³-hybridized carbons (Fsp3) is 0.133. The Morgan fingerprint density at radius 3 is 2.62 bits per heavy atom. The van der Waals surface area contributed by atoms with Gasteiger partial charge >= 0.3 is 0 Å². The normalized spacial score (nSPS) is 10.5. The second-order valence-electron chi connectivity index (χ2n) is 4.57. The molecule has 0 saturated heterocycles. The predicted octanol–water partition coefficient (Wildman–Crippen LogP) is 3.41. The van der Waals surface area contributed by atoms with Gasteiger partial charge in [-0.3, -0.25) is 4.79 Å². The minimum atomic E-state index is -0.754. The first kappa shape index (κ1) is 15.3. The van der Waals surface area contributed by atoms with Crippen LogP contribution in [0.3, 0.4) is 0 Å². The summed E-state index contributed by atoms with van der Waals surface area (Å²) in [7, 11) is 1.52. The van der Waals surface area contributed by atoms with Crippen molar-refractivity contribution >= 4 is 28.9 Å². The molecule has 0 radical (unpaired) electrons. The second kappa shape index (κ2) is 6.10. The molecule has 0 atom stereocenters. The van der Waals surface area contributed by atoms with Crippen molar-refractivity contribution in [1.82, 2.24) is 0 Å². The lowest BCUT2D eigenvalue weighted by Gasteiger charge is -2.19. The summed E-state index contributed by atoms with van der Waals surface area (Å²) >= 11 is 5.87. The Morgan fingerprint density at radius 1 is 1.24 bits per heavy atom. The summed E-state index contributed by atoms with van der Waals surface area (Å²) in [6.07, 6.45) is -0.200. The van der Waals surface area contributed by atoms with E-state index in [1.807, 2.05) is 0 Å². The van der Waals surface area contributed by atoms with Gasteiger partial charge in [-0.05, 0) is 29.8 Å². The molecule has 0 aliphatic rings. The molecular weight excluding hydrogens is 298 g/mol. The van der Waals surface area contributed by atoms with E-state index >= 15 is 0 Å². The molecule has 110 valence electrons. The molecule has 2 aromatic rings. The third-order valence-electron chi connectivity index (χ3n) is 3.08. The van der Waals surface area contributed by atoms with Crippen LogP contribution in [0.5, 0.6) is 0 Å². The summed E-state index contributed by atoms with van der Waals surface area (Å²) in [5, 5.41) is 0.437. The van der Waals surface area contributed by atoms with Gasteiger partial charge in [0.05, 0.1) is 17.8 Å². The minimum Gasteiger partial charge on any atom is -0.397 e. The lowest BCUT2D eigenvalue weighted by Crippen LogP contribution is -2.28. The number of nitrogen functional groups attached to an aromatic ring is 1. The maximum absolute atomic E-state index is 13.6. The van der Waals surface area contributed by atoms with Crippen LogP contribution < -0.4 is 10.6 Å². The van der Waals surface area contributed by atoms with Crippen LogP contribution in [0.1, 0.15) is 5.56 Å². The molecule has 6 heteroatoms. The number of amides is 1. The molecule has 0 aliphatic carbocycles. The monoisotopic (exact) mass is 310 g/mol. The van der Waals surface area contributed by atoms with E-state index < -0.39 is 11.6 Å². The van der Waals surface area contributed by atoms with Gasteiger partial charge in [0, 0.05) is 18.1 Å². The molecule has 0 fully saturated rings. The summed E-state index contributed by atoms with van der Waals surface area (Å²) in [5.74, 6) is -1.82. The van der Waals surface area contributed by atoms with Gasteiger partial charge in [0.25, 0.3) is 0 Å². The molecule has 2 rings (SSSR count). The quantitative estimate of drug-likeness (QED) is 0.883. The highest BCUT2D eigenvalue weighted by atomic mass is 35.5. The number of hydrogen-bond acceptors (Lipinski definition) is 2. The van der Waals surface area contributed by atoms with Crippen molar-refractivity contribution in [2.24, 2.45) is 0 Å². The topological polar surface area (TPSA) is 46.3 Å². The highest BCUT2D eigenvalue weighted by Gasteiger charge is 2.16. The van der Waals surface area contributed by atoms with E-state index in [9.17, 15) is 13.6 Å². The Hall–Kier alpha value is -2.14. The summed E-state index contributed by atoms with van der Waals surface area (Å²) < 4.78 is 26.4. The first-order chi connectivity index (χ1) is 9.88. The maximum Gasteiger partial charge on any atom is 0.231 e. The zero-order chi connectivity index (χ0) is 15.6. The molecule has 0 bridgehead atoms. The molecule has 0 unspecified atom stereocenters. The van der Waals surface area contributed by atoms with Gasteiger partial charge in [-0.1, -0.05) is 17.7 Å². The highest BCUT2D eigenvalue weighted by molar-refractivity contribution is 6.31. The molecule has 0 aliphatic heterocycles. The predicted molar refractivity (Wildman–Crippen MR) is 79.3 cm³/mol. The summed E-state index contributed by atoms with van der Waals surface area (Å²) in [6, 6.07) is 7.85. The van der Waals surface area contributed by atoms with Gasteiger partial charge in [-0.25, -0.2) is 8.78 Å². The number of likely N-dealkylation sites (N-methyl/N-ethyl adjacent to an activating group) is 1. The largest absolute Gasteiger partial charge is 0.397 e. The number of benzene rings is 2. The van der Waals surface area contributed by atoms with Crippen molar-refractivity contribution in [3.63, 3.8) is 0 Å². The number of halogens is 3. The average molecular weight is 311 g/mol. The van der Waals surface area contributed by atoms with Gasteiger partial charge in [-0.2, -0.15) is 0 Å². The molecule has 1 amide bonds. The number of nitrogens with two attached hydrogens (primary N) is 1. The molecule has 2 N–H and O–H groups in total. The van der Waals surface area contributed by atoms with E-state index in [1.54, 1.807) is 18.2 Å². The van der Waals surface area contributed by atoms with E-state index in [0.29, 0.717) is 16.4 Å². The van der Waals surface area contributed by atoms with Gasteiger partial charge in [0.2, 0.25) is 5.91 Å². The van der Waals surface area contributed by atoms with Gasteiger partial charge in [-0.15, -0.1) is 0 Å². The molecule has 3 nitrogen and oxygen atoms in total. The van der Waals surface area contributed by atoms with Crippen LogP contribution in [0.25, 0.3) is 0 Å². The zero-order valence-corrected chi connectivity index (χ0v) is 12.0. The fourth-order valence-electron chi connectivity index (χ4n) is 1.89. The third kappa shape index (κ3) is 3.49. The Morgan fingerprint density at radius 2 is 1.95 bits per heavy atom. The lowest BCUT2D eigenvalue weighted by atomic mass is 10.1. The van der Waals surface area contributed by atoms with Crippen LogP contribution in [0.4, 0.5) is 20.2 Å². The molecular formula is C15H13ClF2N2O. The zero-order valence-electron chi connectivity index (χ0n) is 11.2. The minimum absolute atomic E-state index is 0.119. The standard InChI is InChI=1S/C15H13ClF2N2O/c1-20(14-7-10(16)3-5-13(14)19)15(21)6-9-2-4-11(17)8-12(9)18/h2-5,7-8H,6,19H2,1H3. The first-order valence-electron chi connectivity index (χ1n) is 6.14. The van der Waals surface area contributed by atoms with Crippen LogP contribution in [-0.2, 0) is 11.2 Å². The van der Waals surface area contributed by atoms with E-state index in [4.69, 9.17) is 17.3 Å². The van der Waals surface area contributed by atoms with Crippen LogP contribution in [0, 0.1) is 11.6 Å². The molecule has 0 heterocycles. The first-order valence-corrected chi connectivity index (χ1v) is 6.52. The van der Waals surface area contributed by atoms with Gasteiger partial charge in [0.1, 0.15) is 11.6 Å². The molecule has 0 spiro atoms. The number of rotatable bonds is 3. The molecule has 2 aromatic carbocycles. The summed E-state index contributed by atoms with van der Waals surface area (Å²) in [4.78, 5) is 13.5. The van der Waals surface area contributed by atoms with Crippen molar-refractivity contribution < 1.29 is 13.6 Å². The Labute approximate surface area is 125 Å². The molecule has 0 saturated carbocycles. The van der Waals surface area contributed by atoms with Crippen molar-refractivity contribution in [2.75, 3.05) is 17.7 Å². The number of nitrogens with zero attached hydrogens (tertiary/aromatic N) is 1. The highest BCUT2D eigenvalue weighted by Crippen LogP contribution is 2.26. The van der Waals surface area contributed by atoms with Crippen molar-refractivity contribution in [1.29, 1.82) is 0 Å². The van der Waals surface area contributed by atoms with Gasteiger partial charge < -0.3 is 10.6 Å². The Bertz CT molecular complexity index is 691. The van der Waals surface area contributed by atoms with Crippen LogP contribution in [0.2, 0.25) is 5.02 Å². The van der Waals surface area contributed by atoms with Crippen LogP contribution in [0.15, 0.2) is 36.4 Å². The Kier molecular flexibility index (Phi) is 4.43. The average Bonchev–Trinajstić information content (AvgIpc) is 2.43. The van der Waals surface area contributed by atoms with Crippen molar-refractivity contribution in [3.05, 3.63) is 58.6 Å². The SMILES string of the molecule is CN(C(=O)Cc1ccc(F)cc1F)c1cc(Cl)ccc1N. The van der Waals surface area contributed by atoms with Crippen molar-refractivity contribution in [2.45, 2.75) is 6.42 Å². The summed E-state index contributed by atoms with van der Waals surface area (Å²) in [6.45, 7) is 0.